The van der Waals surface area contributed by atoms with E-state index in [1.807, 2.05) is 0 Å². The van der Waals surface area contributed by atoms with Crippen molar-refractivity contribution in [3.63, 3.8) is 0 Å². The van der Waals surface area contributed by atoms with Crippen LogP contribution in [0.1, 0.15) is 0 Å². The molecular formula is H6Na2O7S2. The molecule has 0 aromatic carbocycles. The van der Waals surface area contributed by atoms with Crippen LogP contribution in [0.5, 0.6) is 0 Å². The molecule has 0 aromatic heterocycles. The van der Waals surface area contributed by atoms with Gasteiger partial charge in [-0.1, -0.05) is 0 Å². The summed E-state index contributed by atoms with van der Waals surface area (Å²) in [5, 5.41) is 0. The zero-order chi connectivity index (χ0) is 8.08. The Morgan fingerprint density at radius 2 is 1.00 bits per heavy atom. The van der Waals surface area contributed by atoms with Crippen molar-refractivity contribution in [2.75, 3.05) is 0 Å². The number of rotatable bonds is 0. The molecule has 0 saturated carbocycles. The molecule has 0 heterocycles. The van der Waals surface area contributed by atoms with Crippen LogP contribution in [0, 0.1) is 0 Å². The summed E-state index contributed by atoms with van der Waals surface area (Å²) in [6.07, 6.45) is 0. The maximum absolute atomic E-state index is 8.74. The van der Waals surface area contributed by atoms with E-state index in [2.05, 4.69) is 0 Å². The number of hydrogen-bond acceptors (Lipinski definition) is 3. The Morgan fingerprint density at radius 1 is 1.00 bits per heavy atom. The molecule has 0 aliphatic carbocycles. The van der Waals surface area contributed by atoms with Crippen molar-refractivity contribution in [2.45, 2.75) is 0 Å². The van der Waals surface area contributed by atoms with E-state index in [-0.39, 0.29) is 59.1 Å². The summed E-state index contributed by atoms with van der Waals surface area (Å²) >= 11 is -2.61. The van der Waals surface area contributed by atoms with Gasteiger partial charge in [-0.25, -0.2) is 0 Å². The monoisotopic (exact) mass is 228 g/mol. The first kappa shape index (κ1) is 23.1. The molecule has 0 atom stereocenters. The SMILES string of the molecule is O=S(=O)(O)O.O=S(O)O.[NaH].[NaH]. The topological polar surface area (TPSA) is 132 Å². The van der Waals surface area contributed by atoms with Gasteiger partial charge in [-0.15, -0.1) is 0 Å². The normalized spacial score (nSPS) is 8.45. The van der Waals surface area contributed by atoms with Crippen molar-refractivity contribution < 1.29 is 30.8 Å². The molecule has 0 rings (SSSR count). The molecule has 0 radical (unpaired) electrons. The summed E-state index contributed by atoms with van der Waals surface area (Å²) in [6, 6.07) is 0. The molecule has 0 amide bonds. The molecule has 0 bridgehead atoms. The van der Waals surface area contributed by atoms with E-state index in [0.29, 0.717) is 0 Å². The second-order valence-corrected chi connectivity index (χ2v) is 2.04. The Labute approximate surface area is 110 Å². The summed E-state index contributed by atoms with van der Waals surface area (Å²) in [7, 11) is -4.67. The van der Waals surface area contributed by atoms with Crippen LogP contribution in [0.2, 0.25) is 0 Å². The Kier molecular flexibility index (Phi) is 25.1. The minimum absolute atomic E-state index is 0. The van der Waals surface area contributed by atoms with E-state index < -0.39 is 21.8 Å². The van der Waals surface area contributed by atoms with Crippen LogP contribution in [0.25, 0.3) is 0 Å². The summed E-state index contributed by atoms with van der Waals surface area (Å²) in [5.74, 6) is 0. The van der Waals surface area contributed by atoms with E-state index in [9.17, 15) is 0 Å². The molecule has 0 aliphatic heterocycles. The van der Waals surface area contributed by atoms with Crippen molar-refractivity contribution in [1.82, 2.24) is 0 Å². The van der Waals surface area contributed by atoms with E-state index >= 15 is 0 Å². The van der Waals surface area contributed by atoms with Gasteiger partial charge >= 0.3 is 69.5 Å². The van der Waals surface area contributed by atoms with Gasteiger partial charge < -0.3 is 0 Å². The van der Waals surface area contributed by atoms with Crippen LogP contribution in [0.3, 0.4) is 0 Å². The molecule has 0 fully saturated rings. The predicted molar refractivity (Wildman–Crippen MR) is 41.9 cm³/mol. The molecule has 0 spiro atoms. The third kappa shape index (κ3) is 313. The summed E-state index contributed by atoms with van der Waals surface area (Å²) in [5.41, 5.74) is 0. The van der Waals surface area contributed by atoms with Crippen LogP contribution in [-0.4, -0.2) is 90.0 Å². The van der Waals surface area contributed by atoms with Crippen molar-refractivity contribution in [3.05, 3.63) is 0 Å². The van der Waals surface area contributed by atoms with E-state index in [0.717, 1.165) is 0 Å². The van der Waals surface area contributed by atoms with Crippen LogP contribution in [0.15, 0.2) is 0 Å². The van der Waals surface area contributed by atoms with Crippen LogP contribution in [-0.2, 0) is 21.8 Å². The van der Waals surface area contributed by atoms with Gasteiger partial charge in [-0.05, 0) is 0 Å². The quantitative estimate of drug-likeness (QED) is 0.209. The van der Waals surface area contributed by atoms with Crippen LogP contribution >= 0.6 is 0 Å². The molecule has 0 saturated heterocycles. The average Bonchev–Trinajstić information content (AvgIpc) is 1.19. The van der Waals surface area contributed by atoms with Crippen molar-refractivity contribution >= 4 is 80.9 Å². The molecule has 7 nitrogen and oxygen atoms in total. The third-order valence-corrected chi connectivity index (χ3v) is 0. The van der Waals surface area contributed by atoms with Gasteiger partial charge in [0.25, 0.3) is 11.4 Å². The first-order chi connectivity index (χ1) is 3.73. The van der Waals surface area contributed by atoms with E-state index in [1.165, 1.54) is 0 Å². The van der Waals surface area contributed by atoms with Gasteiger partial charge in [0.15, 0.2) is 0 Å². The van der Waals surface area contributed by atoms with Gasteiger partial charge in [0, 0.05) is 0 Å². The van der Waals surface area contributed by atoms with Crippen molar-refractivity contribution in [3.8, 4) is 0 Å². The molecule has 0 aliphatic rings. The summed E-state index contributed by atoms with van der Waals surface area (Å²) in [4.78, 5) is 0. The average molecular weight is 228 g/mol. The van der Waals surface area contributed by atoms with Gasteiger partial charge in [-0.3, -0.25) is 18.2 Å². The van der Waals surface area contributed by atoms with Gasteiger partial charge in [0.1, 0.15) is 0 Å². The minimum atomic E-state index is -4.67. The zero-order valence-corrected chi connectivity index (χ0v) is 5.46. The third-order valence-electron chi connectivity index (χ3n) is 0. The Morgan fingerprint density at radius 3 is 1.00 bits per heavy atom. The molecule has 0 unspecified atom stereocenters. The molecule has 4 N–H and O–H groups in total. The van der Waals surface area contributed by atoms with Gasteiger partial charge in [0.2, 0.25) is 0 Å². The Hall–Kier alpha value is 1.94. The summed E-state index contributed by atoms with van der Waals surface area (Å²) < 4.78 is 54.4. The molecule has 62 valence electrons. The fourth-order valence-corrected chi connectivity index (χ4v) is 0. The van der Waals surface area contributed by atoms with Crippen molar-refractivity contribution in [1.29, 1.82) is 0 Å². The molecule has 11 heteroatoms. The fourth-order valence-electron chi connectivity index (χ4n) is 0. The molecular weight excluding hydrogens is 222 g/mol. The van der Waals surface area contributed by atoms with Crippen molar-refractivity contribution in [2.24, 2.45) is 0 Å². The second kappa shape index (κ2) is 11.9. The standard InChI is InChI=1S/2Na.H2O4S.H2O3S.2H/c;;1-5(2,3)4;1-4(2)3;;/h;;(H2,1,2,3,4);(H2,1,2,3);;. The maximum atomic E-state index is 8.74. The Bertz CT molecular complexity index is 157. The van der Waals surface area contributed by atoms with Gasteiger partial charge in [0.05, 0.1) is 0 Å². The number of hydrogen-bond donors (Lipinski definition) is 4. The first-order valence-corrected chi connectivity index (χ1v) is 3.69. The van der Waals surface area contributed by atoms with E-state index in [4.69, 9.17) is 30.8 Å². The molecule has 11 heavy (non-hydrogen) atoms. The summed E-state index contributed by atoms with van der Waals surface area (Å²) in [6.45, 7) is 0. The zero-order valence-electron chi connectivity index (χ0n) is 3.83. The Balaban J connectivity index is -0.0000000383. The van der Waals surface area contributed by atoms with Crippen LogP contribution < -0.4 is 0 Å². The first-order valence-electron chi connectivity index (χ1n) is 1.23. The second-order valence-electron chi connectivity index (χ2n) is 0.679. The molecule has 0 aromatic rings. The predicted octanol–water partition coefficient (Wildman–Crippen LogP) is -2.27. The fraction of sp³-hybridized carbons (Fsp3) is 0. The van der Waals surface area contributed by atoms with Gasteiger partial charge in [-0.2, -0.15) is 12.6 Å². The van der Waals surface area contributed by atoms with Crippen LogP contribution in [0.4, 0.5) is 0 Å². The van der Waals surface area contributed by atoms with E-state index in [1.54, 1.807) is 0 Å².